The maximum atomic E-state index is 12.4. The number of benzene rings is 1. The molecule has 1 aromatic rings. The second kappa shape index (κ2) is 6.85. The number of amides is 1. The van der Waals surface area contributed by atoms with Gasteiger partial charge in [-0.05, 0) is 30.7 Å². The molecule has 0 heterocycles. The number of anilines is 1. The monoisotopic (exact) mass is 278 g/mol. The molecule has 0 spiro atoms. The highest BCUT2D eigenvalue weighted by Crippen LogP contribution is 2.30. The minimum Gasteiger partial charge on any atom is -0.387 e. The van der Waals surface area contributed by atoms with Gasteiger partial charge in [-0.3, -0.25) is 4.79 Å². The number of hydrogen-bond donors (Lipinski definition) is 2. The van der Waals surface area contributed by atoms with Gasteiger partial charge in [0, 0.05) is 24.0 Å². The van der Waals surface area contributed by atoms with Crippen LogP contribution in [0.15, 0.2) is 24.3 Å². The van der Waals surface area contributed by atoms with E-state index in [4.69, 9.17) is 0 Å². The van der Waals surface area contributed by atoms with E-state index in [0.29, 0.717) is 11.3 Å². The van der Waals surface area contributed by atoms with Crippen LogP contribution in [0.25, 0.3) is 0 Å². The molecule has 2 unspecified atom stereocenters. The first-order valence-corrected chi connectivity index (χ1v) is 8.00. The molecule has 1 aliphatic carbocycles. The van der Waals surface area contributed by atoms with Crippen LogP contribution in [-0.4, -0.2) is 30.0 Å². The summed E-state index contributed by atoms with van der Waals surface area (Å²) < 4.78 is 0. The fourth-order valence-corrected chi connectivity index (χ4v) is 3.85. The summed E-state index contributed by atoms with van der Waals surface area (Å²) in [7, 11) is 1.84. The summed E-state index contributed by atoms with van der Waals surface area (Å²) in [6.45, 7) is 2.18. The molecule has 0 radical (unpaired) electrons. The van der Waals surface area contributed by atoms with Gasteiger partial charge in [0.2, 0.25) is 0 Å². The summed E-state index contributed by atoms with van der Waals surface area (Å²) in [5.74, 6) is 1.16. The van der Waals surface area contributed by atoms with Gasteiger partial charge in [-0.1, -0.05) is 25.5 Å². The number of rotatable bonds is 5. The average molecular weight is 278 g/mol. The van der Waals surface area contributed by atoms with Crippen molar-refractivity contribution in [2.75, 3.05) is 18.1 Å². The van der Waals surface area contributed by atoms with E-state index in [1.807, 2.05) is 43.1 Å². The van der Waals surface area contributed by atoms with Crippen LogP contribution in [0, 0.1) is 0 Å². The Bertz CT molecular complexity index is 436. The standard InChI is InChI=1S/C15H22N2OS/c1-3-19-14-10-6-9-13(14)17-15(18)11-7-4-5-8-12(11)16-2/h4-5,7-8,13-14,16H,3,6,9-10H2,1-2H3,(H,17,18). The highest BCUT2D eigenvalue weighted by molar-refractivity contribution is 7.99. The van der Waals surface area contributed by atoms with E-state index in [2.05, 4.69) is 17.6 Å². The van der Waals surface area contributed by atoms with Gasteiger partial charge in [-0.2, -0.15) is 11.8 Å². The molecule has 1 saturated carbocycles. The zero-order valence-corrected chi connectivity index (χ0v) is 12.4. The lowest BCUT2D eigenvalue weighted by Gasteiger charge is -2.20. The van der Waals surface area contributed by atoms with Crippen molar-refractivity contribution in [2.45, 2.75) is 37.5 Å². The van der Waals surface area contributed by atoms with E-state index in [9.17, 15) is 4.79 Å². The number of thioether (sulfide) groups is 1. The van der Waals surface area contributed by atoms with E-state index in [1.165, 1.54) is 12.8 Å². The van der Waals surface area contributed by atoms with Crippen molar-refractivity contribution in [3.05, 3.63) is 29.8 Å². The Labute approximate surface area is 119 Å². The van der Waals surface area contributed by atoms with Gasteiger partial charge in [-0.15, -0.1) is 0 Å². The van der Waals surface area contributed by atoms with Crippen LogP contribution < -0.4 is 10.6 Å². The summed E-state index contributed by atoms with van der Waals surface area (Å²) in [4.78, 5) is 12.4. The molecule has 0 saturated heterocycles. The minimum absolute atomic E-state index is 0.0403. The Hall–Kier alpha value is -1.16. The van der Waals surface area contributed by atoms with Gasteiger partial charge < -0.3 is 10.6 Å². The third-order valence-electron chi connectivity index (χ3n) is 3.59. The van der Waals surface area contributed by atoms with Crippen LogP contribution in [-0.2, 0) is 0 Å². The quantitative estimate of drug-likeness (QED) is 0.869. The molecule has 1 aliphatic rings. The molecule has 0 bridgehead atoms. The van der Waals surface area contributed by atoms with Gasteiger partial charge in [0.1, 0.15) is 0 Å². The second-order valence-electron chi connectivity index (χ2n) is 4.80. The van der Waals surface area contributed by atoms with Gasteiger partial charge >= 0.3 is 0 Å². The molecule has 104 valence electrons. The third-order valence-corrected chi connectivity index (χ3v) is 4.92. The summed E-state index contributed by atoms with van der Waals surface area (Å²) in [6.07, 6.45) is 3.54. The fraction of sp³-hybridized carbons (Fsp3) is 0.533. The minimum atomic E-state index is 0.0403. The number of carbonyl (C=O) groups excluding carboxylic acids is 1. The first kappa shape index (κ1) is 14.3. The molecule has 1 fully saturated rings. The van der Waals surface area contributed by atoms with Crippen molar-refractivity contribution in [1.29, 1.82) is 0 Å². The van der Waals surface area contributed by atoms with Crippen molar-refractivity contribution in [1.82, 2.24) is 5.32 Å². The lowest BCUT2D eigenvalue weighted by atomic mass is 10.1. The number of hydrogen-bond acceptors (Lipinski definition) is 3. The molecule has 2 N–H and O–H groups in total. The summed E-state index contributed by atoms with van der Waals surface area (Å²) in [6, 6.07) is 7.97. The lowest BCUT2D eigenvalue weighted by Crippen LogP contribution is -2.39. The Morgan fingerprint density at radius 3 is 2.89 bits per heavy atom. The van der Waals surface area contributed by atoms with Crippen molar-refractivity contribution in [3.63, 3.8) is 0 Å². The molecule has 4 heteroatoms. The molecular formula is C15H22N2OS. The van der Waals surface area contributed by atoms with E-state index in [-0.39, 0.29) is 5.91 Å². The van der Waals surface area contributed by atoms with Crippen LogP contribution in [0.2, 0.25) is 0 Å². The first-order chi connectivity index (χ1) is 9.26. The molecule has 1 aromatic carbocycles. The molecule has 19 heavy (non-hydrogen) atoms. The number of nitrogens with one attached hydrogen (secondary N) is 2. The first-order valence-electron chi connectivity index (χ1n) is 6.95. The molecule has 1 amide bonds. The molecule has 0 aromatic heterocycles. The summed E-state index contributed by atoms with van der Waals surface area (Å²) in [5.41, 5.74) is 1.62. The molecular weight excluding hydrogens is 256 g/mol. The number of para-hydroxylation sites is 1. The normalized spacial score (nSPS) is 22.2. The predicted octanol–water partition coefficient (Wildman–Crippen LogP) is 3.13. The van der Waals surface area contributed by atoms with Gasteiger partial charge in [0.05, 0.1) is 5.56 Å². The van der Waals surface area contributed by atoms with Crippen LogP contribution >= 0.6 is 11.8 Å². The van der Waals surface area contributed by atoms with Crippen molar-refractivity contribution >= 4 is 23.4 Å². The van der Waals surface area contributed by atoms with E-state index < -0.39 is 0 Å². The van der Waals surface area contributed by atoms with Crippen LogP contribution in [0.5, 0.6) is 0 Å². The SMILES string of the molecule is CCSC1CCCC1NC(=O)c1ccccc1NC. The maximum Gasteiger partial charge on any atom is 0.253 e. The Morgan fingerprint density at radius 1 is 1.37 bits per heavy atom. The van der Waals surface area contributed by atoms with Gasteiger partial charge in [0.25, 0.3) is 5.91 Å². The predicted molar refractivity (Wildman–Crippen MR) is 83.0 cm³/mol. The molecule has 2 atom stereocenters. The molecule has 2 rings (SSSR count). The number of carbonyl (C=O) groups is 1. The highest BCUT2D eigenvalue weighted by Gasteiger charge is 2.28. The van der Waals surface area contributed by atoms with Crippen LogP contribution in [0.3, 0.4) is 0 Å². The van der Waals surface area contributed by atoms with Gasteiger partial charge in [-0.25, -0.2) is 0 Å². The van der Waals surface area contributed by atoms with Crippen molar-refractivity contribution in [3.8, 4) is 0 Å². The summed E-state index contributed by atoms with van der Waals surface area (Å²) in [5, 5.41) is 6.86. The largest absolute Gasteiger partial charge is 0.387 e. The van der Waals surface area contributed by atoms with Crippen LogP contribution in [0.4, 0.5) is 5.69 Å². The zero-order valence-electron chi connectivity index (χ0n) is 11.6. The maximum absolute atomic E-state index is 12.4. The van der Waals surface area contributed by atoms with E-state index in [0.717, 1.165) is 23.4 Å². The Kier molecular flexibility index (Phi) is 5.14. The third kappa shape index (κ3) is 3.44. The van der Waals surface area contributed by atoms with Gasteiger partial charge in [0.15, 0.2) is 0 Å². The average Bonchev–Trinajstić information content (AvgIpc) is 2.86. The molecule has 3 nitrogen and oxygen atoms in total. The van der Waals surface area contributed by atoms with Crippen molar-refractivity contribution < 1.29 is 4.79 Å². The zero-order chi connectivity index (χ0) is 13.7. The Balaban J connectivity index is 2.04. The van der Waals surface area contributed by atoms with Crippen LogP contribution in [0.1, 0.15) is 36.5 Å². The fourth-order valence-electron chi connectivity index (χ4n) is 2.65. The Morgan fingerprint density at radius 2 is 2.16 bits per heavy atom. The summed E-state index contributed by atoms with van der Waals surface area (Å²) >= 11 is 1.96. The van der Waals surface area contributed by atoms with E-state index in [1.54, 1.807) is 0 Å². The second-order valence-corrected chi connectivity index (χ2v) is 6.32. The van der Waals surface area contributed by atoms with Crippen molar-refractivity contribution in [2.24, 2.45) is 0 Å². The topological polar surface area (TPSA) is 41.1 Å². The molecule has 0 aliphatic heterocycles. The smallest absolute Gasteiger partial charge is 0.253 e. The lowest BCUT2D eigenvalue weighted by molar-refractivity contribution is 0.0939. The van der Waals surface area contributed by atoms with E-state index >= 15 is 0 Å². The highest BCUT2D eigenvalue weighted by atomic mass is 32.2.